The van der Waals surface area contributed by atoms with E-state index in [1.807, 2.05) is 0 Å². The quantitative estimate of drug-likeness (QED) is 0.653. The van der Waals surface area contributed by atoms with Crippen molar-refractivity contribution in [2.45, 2.75) is 12.6 Å². The zero-order valence-electron chi connectivity index (χ0n) is 8.81. The molecule has 0 radical (unpaired) electrons. The minimum Gasteiger partial charge on any atom is -0.385 e. The average Bonchev–Trinajstić information content (AvgIpc) is 2.28. The van der Waals surface area contributed by atoms with E-state index >= 15 is 0 Å². The number of hydrogen-bond acceptors (Lipinski definition) is 2. The van der Waals surface area contributed by atoms with Gasteiger partial charge in [-0.2, -0.15) is 18.4 Å². The molecule has 17 heavy (non-hydrogen) atoms. The van der Waals surface area contributed by atoms with Crippen LogP contribution in [0, 0.1) is 11.3 Å². The van der Waals surface area contributed by atoms with Gasteiger partial charge in [0.05, 0.1) is 23.9 Å². The fourth-order valence-electron chi connectivity index (χ4n) is 1.29. The molecule has 1 N–H and O–H groups in total. The summed E-state index contributed by atoms with van der Waals surface area (Å²) >= 11 is 0. The molecule has 0 heterocycles. The Morgan fingerprint density at radius 1 is 1.29 bits per heavy atom. The predicted octanol–water partition coefficient (Wildman–Crippen LogP) is 3.35. The van der Waals surface area contributed by atoms with Gasteiger partial charge in [0.15, 0.2) is 0 Å². The highest BCUT2D eigenvalue weighted by Crippen LogP contribution is 2.33. The first-order valence-electron chi connectivity index (χ1n) is 4.90. The van der Waals surface area contributed by atoms with Gasteiger partial charge in [-0.25, -0.2) is 0 Å². The van der Waals surface area contributed by atoms with E-state index in [1.165, 1.54) is 12.1 Å². The van der Waals surface area contributed by atoms with Crippen LogP contribution in [0.5, 0.6) is 0 Å². The van der Waals surface area contributed by atoms with Crippen LogP contribution in [-0.4, -0.2) is 13.2 Å². The van der Waals surface area contributed by atoms with Crippen LogP contribution in [0.3, 0.4) is 0 Å². The van der Waals surface area contributed by atoms with Gasteiger partial charge in [-0.3, -0.25) is 4.39 Å². The highest BCUT2D eigenvalue weighted by atomic mass is 19.4. The lowest BCUT2D eigenvalue weighted by Crippen LogP contribution is -2.10. The molecule has 92 valence electrons. The summed E-state index contributed by atoms with van der Waals surface area (Å²) in [5.74, 6) is 0. The third kappa shape index (κ3) is 3.63. The highest BCUT2D eigenvalue weighted by Gasteiger charge is 2.33. The molecule has 0 spiro atoms. The van der Waals surface area contributed by atoms with Crippen molar-refractivity contribution < 1.29 is 17.6 Å². The van der Waals surface area contributed by atoms with Gasteiger partial charge in [-0.05, 0) is 24.6 Å². The Bertz CT molecular complexity index is 420. The smallest absolute Gasteiger partial charge is 0.385 e. The van der Waals surface area contributed by atoms with Crippen molar-refractivity contribution in [3.8, 4) is 6.07 Å². The van der Waals surface area contributed by atoms with Gasteiger partial charge in [0.1, 0.15) is 0 Å². The molecule has 0 saturated heterocycles. The molecule has 2 nitrogen and oxygen atoms in total. The number of nitriles is 1. The van der Waals surface area contributed by atoms with Crippen LogP contribution in [-0.2, 0) is 6.18 Å². The van der Waals surface area contributed by atoms with E-state index in [-0.39, 0.29) is 18.7 Å². The maximum absolute atomic E-state index is 12.6. The van der Waals surface area contributed by atoms with Crippen molar-refractivity contribution in [2.75, 3.05) is 18.5 Å². The van der Waals surface area contributed by atoms with E-state index in [2.05, 4.69) is 5.32 Å². The lowest BCUT2D eigenvalue weighted by molar-refractivity contribution is -0.137. The Morgan fingerprint density at radius 2 is 2.00 bits per heavy atom. The summed E-state index contributed by atoms with van der Waals surface area (Å²) in [6, 6.07) is 4.81. The number of rotatable bonds is 4. The second kappa shape index (κ2) is 5.53. The molecule has 0 aliphatic rings. The van der Waals surface area contributed by atoms with E-state index in [9.17, 15) is 17.6 Å². The molecular weight excluding hydrogens is 236 g/mol. The molecule has 0 aliphatic carbocycles. The molecule has 1 rings (SSSR count). The molecule has 0 aliphatic heterocycles. The average molecular weight is 246 g/mol. The second-order valence-corrected chi connectivity index (χ2v) is 3.34. The fourth-order valence-corrected chi connectivity index (χ4v) is 1.29. The number of nitrogens with zero attached hydrogens (tertiary/aromatic N) is 1. The van der Waals surface area contributed by atoms with Crippen LogP contribution >= 0.6 is 0 Å². The summed E-state index contributed by atoms with van der Waals surface area (Å²) in [6.45, 7) is -0.283. The molecule has 6 heteroatoms. The summed E-state index contributed by atoms with van der Waals surface area (Å²) in [7, 11) is 0. The number of hydrogen-bond donors (Lipinski definition) is 1. The standard InChI is InChI=1S/C11H10F4N2/c12-4-1-5-17-9-3-2-8(7-16)10(6-9)11(13,14)15/h2-3,6,17H,1,4-5H2. The van der Waals surface area contributed by atoms with Crippen LogP contribution in [0.25, 0.3) is 0 Å². The van der Waals surface area contributed by atoms with Crippen LogP contribution in [0.4, 0.5) is 23.2 Å². The van der Waals surface area contributed by atoms with Crippen molar-refractivity contribution in [2.24, 2.45) is 0 Å². The molecular formula is C11H10F4N2. The first-order valence-corrected chi connectivity index (χ1v) is 4.90. The van der Waals surface area contributed by atoms with E-state index in [1.54, 1.807) is 0 Å². The Labute approximate surface area is 95.9 Å². The molecule has 0 saturated carbocycles. The largest absolute Gasteiger partial charge is 0.417 e. The third-order valence-electron chi connectivity index (χ3n) is 2.08. The summed E-state index contributed by atoms with van der Waals surface area (Å²) in [6.07, 6.45) is -4.34. The monoisotopic (exact) mass is 246 g/mol. The second-order valence-electron chi connectivity index (χ2n) is 3.34. The van der Waals surface area contributed by atoms with Gasteiger partial charge in [-0.15, -0.1) is 0 Å². The maximum atomic E-state index is 12.6. The number of halogens is 4. The lowest BCUT2D eigenvalue weighted by Gasteiger charge is -2.11. The number of anilines is 1. The zero-order chi connectivity index (χ0) is 12.9. The van der Waals surface area contributed by atoms with Crippen molar-refractivity contribution in [1.82, 2.24) is 0 Å². The van der Waals surface area contributed by atoms with Gasteiger partial charge < -0.3 is 5.32 Å². The van der Waals surface area contributed by atoms with E-state index in [0.717, 1.165) is 12.1 Å². The molecule has 0 amide bonds. The van der Waals surface area contributed by atoms with Crippen molar-refractivity contribution in [3.63, 3.8) is 0 Å². The number of benzene rings is 1. The minimum atomic E-state index is -4.57. The van der Waals surface area contributed by atoms with Crippen LogP contribution in [0.2, 0.25) is 0 Å². The van der Waals surface area contributed by atoms with Crippen LogP contribution in [0.15, 0.2) is 18.2 Å². The predicted molar refractivity (Wildman–Crippen MR) is 55.2 cm³/mol. The first-order chi connectivity index (χ1) is 7.99. The van der Waals surface area contributed by atoms with Crippen molar-refractivity contribution >= 4 is 5.69 Å². The summed E-state index contributed by atoms with van der Waals surface area (Å²) in [5.41, 5.74) is -1.18. The molecule has 0 unspecified atom stereocenters. The highest BCUT2D eigenvalue weighted by molar-refractivity contribution is 5.53. The lowest BCUT2D eigenvalue weighted by atomic mass is 10.1. The topological polar surface area (TPSA) is 35.8 Å². The summed E-state index contributed by atoms with van der Waals surface area (Å²) in [4.78, 5) is 0. The van der Waals surface area contributed by atoms with Gasteiger partial charge in [0.25, 0.3) is 0 Å². The number of alkyl halides is 4. The Balaban J connectivity index is 2.94. The molecule has 0 aromatic heterocycles. The Morgan fingerprint density at radius 3 is 2.53 bits per heavy atom. The maximum Gasteiger partial charge on any atom is 0.417 e. The summed E-state index contributed by atoms with van der Waals surface area (Å²) < 4.78 is 49.5. The Kier molecular flexibility index (Phi) is 4.32. The Hall–Kier alpha value is -1.77. The number of nitrogens with one attached hydrogen (secondary N) is 1. The van der Waals surface area contributed by atoms with E-state index in [4.69, 9.17) is 5.26 Å². The molecule has 0 fully saturated rings. The molecule has 0 bridgehead atoms. The van der Waals surface area contributed by atoms with E-state index < -0.39 is 24.0 Å². The summed E-state index contributed by atoms with van der Waals surface area (Å²) in [5, 5.41) is 11.2. The van der Waals surface area contributed by atoms with Gasteiger partial charge >= 0.3 is 6.18 Å². The SMILES string of the molecule is N#Cc1ccc(NCCCF)cc1C(F)(F)F. The first kappa shape index (κ1) is 13.3. The third-order valence-corrected chi connectivity index (χ3v) is 2.08. The van der Waals surface area contributed by atoms with Gasteiger partial charge in [-0.1, -0.05) is 0 Å². The van der Waals surface area contributed by atoms with Crippen molar-refractivity contribution in [3.05, 3.63) is 29.3 Å². The molecule has 1 aromatic rings. The molecule has 1 aromatic carbocycles. The zero-order valence-corrected chi connectivity index (χ0v) is 8.81. The minimum absolute atomic E-state index is 0.224. The fraction of sp³-hybridized carbons (Fsp3) is 0.364. The normalized spacial score (nSPS) is 11.0. The van der Waals surface area contributed by atoms with Crippen LogP contribution in [0.1, 0.15) is 17.5 Å². The van der Waals surface area contributed by atoms with Crippen LogP contribution < -0.4 is 5.32 Å². The van der Waals surface area contributed by atoms with Crippen molar-refractivity contribution in [1.29, 1.82) is 5.26 Å². The van der Waals surface area contributed by atoms with Gasteiger partial charge in [0.2, 0.25) is 0 Å². The van der Waals surface area contributed by atoms with E-state index in [0.29, 0.717) is 0 Å². The van der Waals surface area contributed by atoms with Gasteiger partial charge in [0, 0.05) is 12.2 Å². The molecule has 0 atom stereocenters.